The second kappa shape index (κ2) is 4.40. The molecule has 0 saturated heterocycles. The first-order valence-electron chi connectivity index (χ1n) is 5.76. The van der Waals surface area contributed by atoms with Crippen molar-refractivity contribution in [2.45, 2.75) is 0 Å². The van der Waals surface area contributed by atoms with Gasteiger partial charge in [-0.2, -0.15) is 0 Å². The Bertz CT molecular complexity index is 777. The molecule has 0 atom stereocenters. The minimum Gasteiger partial charge on any atom is -0.478 e. The fourth-order valence-electron chi connectivity index (χ4n) is 2.16. The second-order valence-electron chi connectivity index (χ2n) is 4.26. The Labute approximate surface area is 113 Å². The first kappa shape index (κ1) is 11.7. The van der Waals surface area contributed by atoms with Crippen LogP contribution in [0, 0.1) is 0 Å². The quantitative estimate of drug-likeness (QED) is 0.742. The predicted octanol–water partition coefficient (Wildman–Crippen LogP) is 3.85. The van der Waals surface area contributed by atoms with Crippen LogP contribution in [0.1, 0.15) is 10.4 Å². The monoisotopic (exact) mass is 269 g/mol. The van der Waals surface area contributed by atoms with Gasteiger partial charge in [-0.05, 0) is 22.4 Å². The van der Waals surface area contributed by atoms with Crippen LogP contribution >= 0.6 is 11.3 Å². The lowest BCUT2D eigenvalue weighted by Crippen LogP contribution is -2.00. The van der Waals surface area contributed by atoms with Gasteiger partial charge in [-0.15, -0.1) is 11.3 Å². The number of carboxylic acid groups (broad SMARTS) is 1. The number of nitrogen functional groups attached to an aromatic ring is 1. The summed E-state index contributed by atoms with van der Waals surface area (Å²) in [7, 11) is 0. The summed E-state index contributed by atoms with van der Waals surface area (Å²) in [5.74, 6) is -0.984. The molecule has 1 aromatic heterocycles. The largest absolute Gasteiger partial charge is 0.478 e. The molecule has 0 radical (unpaired) electrons. The summed E-state index contributed by atoms with van der Waals surface area (Å²) in [5.41, 5.74) is 7.48. The average Bonchev–Trinajstić information content (AvgIpc) is 2.80. The van der Waals surface area contributed by atoms with Crippen molar-refractivity contribution in [1.29, 1.82) is 0 Å². The van der Waals surface area contributed by atoms with Crippen LogP contribution < -0.4 is 5.73 Å². The number of carbonyl (C=O) groups is 1. The number of thiophene rings is 1. The van der Waals surface area contributed by atoms with Crippen LogP contribution in [0.15, 0.2) is 47.8 Å². The number of aromatic carboxylic acids is 1. The SMILES string of the molecule is Nc1scc(-c2ccc3ccccc3c2)c1C(=O)O. The number of hydrogen-bond donors (Lipinski definition) is 2. The molecule has 0 unspecified atom stereocenters. The highest BCUT2D eigenvalue weighted by molar-refractivity contribution is 7.14. The van der Waals surface area contributed by atoms with Crippen LogP contribution in [0.25, 0.3) is 21.9 Å². The third-order valence-corrected chi connectivity index (χ3v) is 3.91. The maximum Gasteiger partial charge on any atom is 0.339 e. The van der Waals surface area contributed by atoms with Gasteiger partial charge >= 0.3 is 5.97 Å². The van der Waals surface area contributed by atoms with Gasteiger partial charge in [0.05, 0.1) is 0 Å². The minimum absolute atomic E-state index is 0.195. The number of hydrogen-bond acceptors (Lipinski definition) is 3. The number of nitrogens with two attached hydrogens (primary N) is 1. The standard InChI is InChI=1S/C15H11NO2S/c16-14-13(15(17)18)12(8-19-14)11-6-5-9-3-1-2-4-10(9)7-11/h1-8H,16H2,(H,17,18). The zero-order valence-corrected chi connectivity index (χ0v) is 10.8. The van der Waals surface area contributed by atoms with E-state index in [9.17, 15) is 9.90 Å². The van der Waals surface area contributed by atoms with E-state index >= 15 is 0 Å². The highest BCUT2D eigenvalue weighted by atomic mass is 32.1. The summed E-state index contributed by atoms with van der Waals surface area (Å²) in [6, 6.07) is 13.9. The molecule has 0 aliphatic rings. The van der Waals surface area contributed by atoms with Gasteiger partial charge in [-0.3, -0.25) is 0 Å². The molecule has 1 heterocycles. The van der Waals surface area contributed by atoms with E-state index in [1.807, 2.05) is 42.5 Å². The van der Waals surface area contributed by atoms with Crippen LogP contribution in [0.4, 0.5) is 5.00 Å². The molecular weight excluding hydrogens is 258 g/mol. The normalized spacial score (nSPS) is 10.7. The summed E-state index contributed by atoms with van der Waals surface area (Å²) < 4.78 is 0. The van der Waals surface area contributed by atoms with Crippen LogP contribution in [0.2, 0.25) is 0 Å². The Kier molecular flexibility index (Phi) is 2.72. The van der Waals surface area contributed by atoms with Crippen molar-refractivity contribution in [1.82, 2.24) is 0 Å². The lowest BCUT2D eigenvalue weighted by atomic mass is 10.0. The molecule has 0 bridgehead atoms. The Morgan fingerprint density at radius 2 is 1.84 bits per heavy atom. The number of anilines is 1. The molecule has 0 aliphatic carbocycles. The van der Waals surface area contributed by atoms with Crippen molar-refractivity contribution in [3.63, 3.8) is 0 Å². The molecule has 0 saturated carbocycles. The summed E-state index contributed by atoms with van der Waals surface area (Å²) in [6.45, 7) is 0. The summed E-state index contributed by atoms with van der Waals surface area (Å²) >= 11 is 1.26. The zero-order chi connectivity index (χ0) is 13.4. The van der Waals surface area contributed by atoms with Crippen molar-refractivity contribution < 1.29 is 9.90 Å². The Balaban J connectivity index is 2.22. The smallest absolute Gasteiger partial charge is 0.339 e. The van der Waals surface area contributed by atoms with Crippen LogP contribution in [-0.4, -0.2) is 11.1 Å². The lowest BCUT2D eigenvalue weighted by Gasteiger charge is -2.04. The highest BCUT2D eigenvalue weighted by Gasteiger charge is 2.17. The van der Waals surface area contributed by atoms with E-state index in [0.717, 1.165) is 16.3 Å². The van der Waals surface area contributed by atoms with Gasteiger partial charge in [0.25, 0.3) is 0 Å². The number of benzene rings is 2. The Morgan fingerprint density at radius 1 is 1.11 bits per heavy atom. The molecule has 0 spiro atoms. The molecule has 2 aromatic carbocycles. The van der Waals surface area contributed by atoms with Gasteiger partial charge in [0, 0.05) is 10.9 Å². The van der Waals surface area contributed by atoms with E-state index in [-0.39, 0.29) is 5.56 Å². The molecule has 3 N–H and O–H groups in total. The molecule has 0 fully saturated rings. The molecule has 0 aliphatic heterocycles. The highest BCUT2D eigenvalue weighted by Crippen LogP contribution is 2.34. The summed E-state index contributed by atoms with van der Waals surface area (Å²) in [5, 5.41) is 13.6. The van der Waals surface area contributed by atoms with E-state index in [1.54, 1.807) is 5.38 Å². The maximum absolute atomic E-state index is 11.3. The first-order valence-corrected chi connectivity index (χ1v) is 6.64. The predicted molar refractivity (Wildman–Crippen MR) is 78.6 cm³/mol. The summed E-state index contributed by atoms with van der Waals surface area (Å²) in [6.07, 6.45) is 0. The fourth-order valence-corrected chi connectivity index (χ4v) is 2.98. The van der Waals surface area contributed by atoms with Crippen LogP contribution in [-0.2, 0) is 0 Å². The van der Waals surface area contributed by atoms with E-state index in [4.69, 9.17) is 5.73 Å². The summed E-state index contributed by atoms with van der Waals surface area (Å²) in [4.78, 5) is 11.3. The van der Waals surface area contributed by atoms with Crippen molar-refractivity contribution in [2.75, 3.05) is 5.73 Å². The lowest BCUT2D eigenvalue weighted by molar-refractivity contribution is 0.0699. The molecule has 19 heavy (non-hydrogen) atoms. The molecule has 94 valence electrons. The van der Waals surface area contributed by atoms with Gasteiger partial charge in [0.1, 0.15) is 10.6 Å². The maximum atomic E-state index is 11.3. The second-order valence-corrected chi connectivity index (χ2v) is 5.17. The molecule has 0 amide bonds. The van der Waals surface area contributed by atoms with Crippen molar-refractivity contribution in [3.8, 4) is 11.1 Å². The van der Waals surface area contributed by atoms with Gasteiger partial charge in [0.15, 0.2) is 0 Å². The van der Waals surface area contributed by atoms with E-state index in [2.05, 4.69) is 0 Å². The van der Waals surface area contributed by atoms with Gasteiger partial charge in [-0.25, -0.2) is 4.79 Å². The van der Waals surface area contributed by atoms with Crippen LogP contribution in [0.3, 0.4) is 0 Å². The van der Waals surface area contributed by atoms with Crippen molar-refractivity contribution >= 4 is 33.1 Å². The van der Waals surface area contributed by atoms with Gasteiger partial charge < -0.3 is 10.8 Å². The third kappa shape index (κ3) is 1.96. The number of rotatable bonds is 2. The molecule has 3 nitrogen and oxygen atoms in total. The number of fused-ring (bicyclic) bond motifs is 1. The Morgan fingerprint density at radius 3 is 2.58 bits per heavy atom. The van der Waals surface area contributed by atoms with E-state index in [1.165, 1.54) is 11.3 Å². The van der Waals surface area contributed by atoms with E-state index in [0.29, 0.717) is 10.6 Å². The molecular formula is C15H11NO2S. The van der Waals surface area contributed by atoms with Crippen molar-refractivity contribution in [2.24, 2.45) is 0 Å². The molecule has 4 heteroatoms. The third-order valence-electron chi connectivity index (χ3n) is 3.09. The molecule has 3 aromatic rings. The van der Waals surface area contributed by atoms with Gasteiger partial charge in [0.2, 0.25) is 0 Å². The fraction of sp³-hybridized carbons (Fsp3) is 0. The minimum atomic E-state index is -0.984. The zero-order valence-electron chi connectivity index (χ0n) is 9.96. The first-order chi connectivity index (χ1) is 9.16. The van der Waals surface area contributed by atoms with E-state index < -0.39 is 5.97 Å². The van der Waals surface area contributed by atoms with Gasteiger partial charge in [-0.1, -0.05) is 36.4 Å². The number of carboxylic acids is 1. The van der Waals surface area contributed by atoms with Crippen molar-refractivity contribution in [3.05, 3.63) is 53.4 Å². The average molecular weight is 269 g/mol. The van der Waals surface area contributed by atoms with Crippen LogP contribution in [0.5, 0.6) is 0 Å². The topological polar surface area (TPSA) is 63.3 Å². The Hall–Kier alpha value is -2.33. The molecule has 3 rings (SSSR count).